The Morgan fingerprint density at radius 1 is 1.43 bits per heavy atom. The number of hydrogen-bond donors (Lipinski definition) is 2. The molecule has 1 aromatic heterocycles. The summed E-state index contributed by atoms with van der Waals surface area (Å²) in [5.74, 6) is -0.910. The largest absolute Gasteiger partial charge is 0.368 e. The Balaban J connectivity index is 2.79. The van der Waals surface area contributed by atoms with E-state index >= 15 is 0 Å². The molecule has 0 saturated carbocycles. The number of rotatable bonds is 7. The summed E-state index contributed by atoms with van der Waals surface area (Å²) >= 11 is 0. The van der Waals surface area contributed by atoms with E-state index in [1.54, 1.807) is 0 Å². The zero-order chi connectivity index (χ0) is 16.0. The van der Waals surface area contributed by atoms with Crippen LogP contribution in [0, 0.1) is 5.82 Å². The van der Waals surface area contributed by atoms with E-state index in [9.17, 15) is 9.18 Å². The van der Waals surface area contributed by atoms with Crippen LogP contribution < -0.4 is 10.6 Å². The van der Waals surface area contributed by atoms with Gasteiger partial charge in [0.1, 0.15) is 0 Å². The average Bonchev–Trinajstić information content (AvgIpc) is 2.43. The molecular formula is C15H25FN4O. The standard InChI is InChI=1S/C15H25FN4O/c1-6-8-17-13-12(16)11(7-9-18-13)14(21)19-10-15(2,3)20(4)5/h7,9H,6,8,10H2,1-5H3,(H,17,18)(H,19,21). The van der Waals surface area contributed by atoms with E-state index in [0.29, 0.717) is 13.1 Å². The van der Waals surface area contributed by atoms with Crippen molar-refractivity contribution < 1.29 is 9.18 Å². The first-order valence-corrected chi connectivity index (χ1v) is 7.13. The zero-order valence-corrected chi connectivity index (χ0v) is 13.5. The number of amides is 1. The lowest BCUT2D eigenvalue weighted by molar-refractivity contribution is 0.0915. The minimum Gasteiger partial charge on any atom is -0.368 e. The molecular weight excluding hydrogens is 271 g/mol. The van der Waals surface area contributed by atoms with Gasteiger partial charge in [-0.2, -0.15) is 0 Å². The van der Waals surface area contributed by atoms with Crippen LogP contribution in [0.3, 0.4) is 0 Å². The number of carbonyl (C=O) groups is 1. The Morgan fingerprint density at radius 2 is 2.10 bits per heavy atom. The quantitative estimate of drug-likeness (QED) is 0.809. The first-order valence-electron chi connectivity index (χ1n) is 7.13. The summed E-state index contributed by atoms with van der Waals surface area (Å²) in [7, 11) is 3.87. The molecule has 0 aromatic carbocycles. The third-order valence-corrected chi connectivity index (χ3v) is 3.57. The first kappa shape index (κ1) is 17.4. The lowest BCUT2D eigenvalue weighted by Crippen LogP contribution is -2.48. The Bertz CT molecular complexity index is 489. The highest BCUT2D eigenvalue weighted by atomic mass is 19.1. The summed E-state index contributed by atoms with van der Waals surface area (Å²) < 4.78 is 14.2. The molecule has 0 fully saturated rings. The van der Waals surface area contributed by atoms with E-state index in [1.165, 1.54) is 12.3 Å². The number of aromatic nitrogens is 1. The molecule has 0 bridgehead atoms. The topological polar surface area (TPSA) is 57.3 Å². The smallest absolute Gasteiger partial charge is 0.254 e. The number of pyridine rings is 1. The van der Waals surface area contributed by atoms with Crippen LogP contribution in [-0.4, -0.2) is 48.5 Å². The fourth-order valence-corrected chi connectivity index (χ4v) is 1.54. The molecule has 118 valence electrons. The van der Waals surface area contributed by atoms with Crippen molar-refractivity contribution in [3.8, 4) is 0 Å². The number of nitrogens with one attached hydrogen (secondary N) is 2. The summed E-state index contributed by atoms with van der Waals surface area (Å²) in [6.45, 7) is 7.03. The highest BCUT2D eigenvalue weighted by Crippen LogP contribution is 2.15. The molecule has 0 unspecified atom stereocenters. The molecule has 1 amide bonds. The van der Waals surface area contributed by atoms with E-state index in [0.717, 1.165) is 6.42 Å². The zero-order valence-electron chi connectivity index (χ0n) is 13.5. The maximum Gasteiger partial charge on any atom is 0.254 e. The van der Waals surface area contributed by atoms with Crippen molar-refractivity contribution in [1.29, 1.82) is 0 Å². The molecule has 0 saturated heterocycles. The Kier molecular flexibility index (Phi) is 6.08. The fourth-order valence-electron chi connectivity index (χ4n) is 1.54. The van der Waals surface area contributed by atoms with Gasteiger partial charge in [0.15, 0.2) is 11.6 Å². The van der Waals surface area contributed by atoms with Crippen LogP contribution in [0.5, 0.6) is 0 Å². The van der Waals surface area contributed by atoms with Gasteiger partial charge in [0.2, 0.25) is 0 Å². The first-order chi connectivity index (χ1) is 9.79. The molecule has 0 spiro atoms. The molecule has 0 aliphatic rings. The van der Waals surface area contributed by atoms with Gasteiger partial charge < -0.3 is 15.5 Å². The van der Waals surface area contributed by atoms with Gasteiger partial charge in [0.05, 0.1) is 5.56 Å². The summed E-state index contributed by atoms with van der Waals surface area (Å²) in [5, 5.41) is 5.64. The minimum absolute atomic E-state index is 0.0122. The third-order valence-electron chi connectivity index (χ3n) is 3.57. The normalized spacial score (nSPS) is 11.6. The van der Waals surface area contributed by atoms with Crippen molar-refractivity contribution in [2.45, 2.75) is 32.7 Å². The van der Waals surface area contributed by atoms with Crippen LogP contribution in [0.1, 0.15) is 37.6 Å². The molecule has 1 rings (SSSR count). The number of anilines is 1. The third kappa shape index (κ3) is 4.67. The number of likely N-dealkylation sites (N-methyl/N-ethyl adjacent to an activating group) is 1. The second-order valence-electron chi connectivity index (χ2n) is 5.84. The van der Waals surface area contributed by atoms with E-state index in [1.807, 2.05) is 39.8 Å². The predicted octanol–water partition coefficient (Wildman–Crippen LogP) is 2.11. The minimum atomic E-state index is -0.605. The molecule has 2 N–H and O–H groups in total. The Morgan fingerprint density at radius 3 is 2.67 bits per heavy atom. The second kappa shape index (κ2) is 7.36. The van der Waals surface area contributed by atoms with Crippen molar-refractivity contribution in [2.75, 3.05) is 32.5 Å². The second-order valence-corrected chi connectivity index (χ2v) is 5.84. The van der Waals surface area contributed by atoms with Gasteiger partial charge >= 0.3 is 0 Å². The highest BCUT2D eigenvalue weighted by Gasteiger charge is 2.23. The van der Waals surface area contributed by atoms with Gasteiger partial charge in [-0.25, -0.2) is 9.37 Å². The maximum absolute atomic E-state index is 14.2. The summed E-state index contributed by atoms with van der Waals surface area (Å²) in [6, 6.07) is 1.39. The monoisotopic (exact) mass is 296 g/mol. The van der Waals surface area contributed by atoms with Crippen LogP contribution in [0.25, 0.3) is 0 Å². The van der Waals surface area contributed by atoms with Crippen LogP contribution in [0.2, 0.25) is 0 Å². The number of carbonyl (C=O) groups excluding carboxylic acids is 1. The van der Waals surface area contributed by atoms with Crippen molar-refractivity contribution in [1.82, 2.24) is 15.2 Å². The molecule has 0 aliphatic carbocycles. The lowest BCUT2D eigenvalue weighted by Gasteiger charge is -2.32. The van der Waals surface area contributed by atoms with Crippen molar-refractivity contribution in [3.05, 3.63) is 23.6 Å². The van der Waals surface area contributed by atoms with Gasteiger partial charge in [-0.15, -0.1) is 0 Å². The van der Waals surface area contributed by atoms with Crippen LogP contribution in [0.15, 0.2) is 12.3 Å². The summed E-state index contributed by atoms with van der Waals surface area (Å²) in [4.78, 5) is 18.1. The van der Waals surface area contributed by atoms with Gasteiger partial charge in [0, 0.05) is 24.8 Å². The highest BCUT2D eigenvalue weighted by molar-refractivity contribution is 5.95. The number of nitrogens with zero attached hydrogens (tertiary/aromatic N) is 2. The van der Waals surface area contributed by atoms with Gasteiger partial charge in [0.25, 0.3) is 5.91 Å². The van der Waals surface area contributed by atoms with Gasteiger partial charge in [-0.1, -0.05) is 6.92 Å². The van der Waals surface area contributed by atoms with Crippen LogP contribution in [0.4, 0.5) is 10.2 Å². The molecule has 1 aromatic rings. The van der Waals surface area contributed by atoms with Crippen LogP contribution >= 0.6 is 0 Å². The Hall–Kier alpha value is -1.69. The average molecular weight is 296 g/mol. The summed E-state index contributed by atoms with van der Waals surface area (Å²) in [5.41, 5.74) is -0.194. The van der Waals surface area contributed by atoms with Crippen LogP contribution in [-0.2, 0) is 0 Å². The molecule has 0 atom stereocenters. The molecule has 21 heavy (non-hydrogen) atoms. The number of halogens is 1. The van der Waals surface area contributed by atoms with E-state index in [2.05, 4.69) is 15.6 Å². The van der Waals surface area contributed by atoms with Gasteiger partial charge in [-0.05, 0) is 40.4 Å². The maximum atomic E-state index is 14.2. The molecule has 1 heterocycles. The SMILES string of the molecule is CCCNc1nccc(C(=O)NCC(C)(C)N(C)C)c1F. The number of hydrogen-bond acceptors (Lipinski definition) is 4. The fraction of sp³-hybridized carbons (Fsp3) is 0.600. The molecule has 6 heteroatoms. The lowest BCUT2D eigenvalue weighted by atomic mass is 10.0. The molecule has 5 nitrogen and oxygen atoms in total. The van der Waals surface area contributed by atoms with E-state index < -0.39 is 11.7 Å². The van der Waals surface area contributed by atoms with E-state index in [-0.39, 0.29) is 16.9 Å². The Labute approximate surface area is 125 Å². The van der Waals surface area contributed by atoms with Gasteiger partial charge in [-0.3, -0.25) is 4.79 Å². The van der Waals surface area contributed by atoms with Crippen molar-refractivity contribution in [3.63, 3.8) is 0 Å². The predicted molar refractivity (Wildman–Crippen MR) is 83.1 cm³/mol. The molecule has 0 radical (unpaired) electrons. The van der Waals surface area contributed by atoms with Crippen molar-refractivity contribution in [2.24, 2.45) is 0 Å². The van der Waals surface area contributed by atoms with Crippen molar-refractivity contribution >= 4 is 11.7 Å². The molecule has 0 aliphatic heterocycles. The van der Waals surface area contributed by atoms with E-state index in [4.69, 9.17) is 0 Å². The summed E-state index contributed by atoms with van der Waals surface area (Å²) in [6.07, 6.45) is 2.29.